The van der Waals surface area contributed by atoms with Gasteiger partial charge in [0, 0.05) is 50.9 Å². The van der Waals surface area contributed by atoms with Crippen LogP contribution < -0.4 is 11.1 Å². The second-order valence-electron chi connectivity index (χ2n) is 7.03. The summed E-state index contributed by atoms with van der Waals surface area (Å²) in [5, 5.41) is 4.55. The molecule has 0 amide bonds. The van der Waals surface area contributed by atoms with Gasteiger partial charge in [-0.15, -0.1) is 0 Å². The Morgan fingerprint density at radius 3 is 2.79 bits per heavy atom. The molecule has 126 valence electrons. The molecule has 1 fully saturated rings. The van der Waals surface area contributed by atoms with Gasteiger partial charge in [0.05, 0.1) is 12.2 Å². The second kappa shape index (κ2) is 6.02. The average Bonchev–Trinajstić information content (AvgIpc) is 2.96. The van der Waals surface area contributed by atoms with Crippen molar-refractivity contribution < 1.29 is 0 Å². The van der Waals surface area contributed by atoms with E-state index in [-0.39, 0.29) is 11.1 Å². The maximum absolute atomic E-state index is 12.1. The molecule has 2 aliphatic rings. The minimum Gasteiger partial charge on any atom is -0.319 e. The van der Waals surface area contributed by atoms with Crippen LogP contribution in [0.2, 0.25) is 0 Å². The molecule has 1 saturated heterocycles. The molecule has 6 heteroatoms. The Labute approximate surface area is 140 Å². The molecule has 3 heterocycles. The lowest BCUT2D eigenvalue weighted by Crippen LogP contribution is -2.49. The summed E-state index contributed by atoms with van der Waals surface area (Å²) in [5.74, 6) is 0.459. The maximum Gasteiger partial charge on any atom is 0.267 e. The largest absolute Gasteiger partial charge is 0.319 e. The van der Waals surface area contributed by atoms with E-state index in [0.717, 1.165) is 55.7 Å². The highest BCUT2D eigenvalue weighted by Crippen LogP contribution is 2.21. The lowest BCUT2D eigenvalue weighted by molar-refractivity contribution is 0.0764. The van der Waals surface area contributed by atoms with Crippen molar-refractivity contribution in [2.24, 2.45) is 13.0 Å². The standard InChI is InChI=1S/C18H22N4O2/c1-20-6-5-13(7-17(20)23)9-21-10-14(11-21)12-22-18(24)8-15-3-2-4-16(15)19-22/h5-8,14H,2-4,9-12H2,1H3. The average molecular weight is 326 g/mol. The van der Waals surface area contributed by atoms with Crippen LogP contribution >= 0.6 is 0 Å². The Bertz CT molecular complexity index is 877. The topological polar surface area (TPSA) is 60.1 Å². The Balaban J connectivity index is 1.36. The molecule has 0 radical (unpaired) electrons. The molecule has 0 saturated carbocycles. The summed E-state index contributed by atoms with van der Waals surface area (Å²) in [6.45, 7) is 3.37. The first-order chi connectivity index (χ1) is 11.6. The molecule has 2 aromatic rings. The van der Waals surface area contributed by atoms with Crippen LogP contribution in [0.5, 0.6) is 0 Å². The molecular formula is C18H22N4O2. The van der Waals surface area contributed by atoms with Crippen LogP contribution in [-0.4, -0.2) is 32.3 Å². The van der Waals surface area contributed by atoms with Crippen LogP contribution in [-0.2, 0) is 33.0 Å². The summed E-state index contributed by atoms with van der Waals surface area (Å²) in [7, 11) is 1.76. The van der Waals surface area contributed by atoms with Gasteiger partial charge in [-0.25, -0.2) is 4.68 Å². The molecule has 0 N–H and O–H groups in total. The quantitative estimate of drug-likeness (QED) is 0.824. The highest BCUT2D eigenvalue weighted by Gasteiger charge is 2.28. The van der Waals surface area contributed by atoms with Gasteiger partial charge in [-0.2, -0.15) is 5.10 Å². The van der Waals surface area contributed by atoms with Crippen LogP contribution in [0.1, 0.15) is 23.2 Å². The smallest absolute Gasteiger partial charge is 0.267 e. The van der Waals surface area contributed by atoms with Gasteiger partial charge in [-0.1, -0.05) is 0 Å². The van der Waals surface area contributed by atoms with Gasteiger partial charge in [0.15, 0.2) is 0 Å². The van der Waals surface area contributed by atoms with Gasteiger partial charge >= 0.3 is 0 Å². The summed E-state index contributed by atoms with van der Waals surface area (Å²) in [6, 6.07) is 5.45. The minimum atomic E-state index is 0.0264. The van der Waals surface area contributed by atoms with Crippen molar-refractivity contribution in [1.82, 2.24) is 19.2 Å². The monoisotopic (exact) mass is 326 g/mol. The number of fused-ring (bicyclic) bond motifs is 1. The summed E-state index contributed by atoms with van der Waals surface area (Å²) < 4.78 is 3.22. The summed E-state index contributed by atoms with van der Waals surface area (Å²) in [6.07, 6.45) is 4.91. The molecule has 2 aromatic heterocycles. The van der Waals surface area contributed by atoms with E-state index in [4.69, 9.17) is 0 Å². The van der Waals surface area contributed by atoms with Crippen molar-refractivity contribution in [3.63, 3.8) is 0 Å². The summed E-state index contributed by atoms with van der Waals surface area (Å²) in [5.41, 5.74) is 3.34. The van der Waals surface area contributed by atoms with E-state index in [2.05, 4.69) is 10.00 Å². The molecule has 24 heavy (non-hydrogen) atoms. The zero-order chi connectivity index (χ0) is 16.7. The molecule has 1 aliphatic carbocycles. The van der Waals surface area contributed by atoms with E-state index in [1.54, 1.807) is 28.4 Å². The van der Waals surface area contributed by atoms with Crippen molar-refractivity contribution >= 4 is 0 Å². The number of hydrogen-bond donors (Lipinski definition) is 0. The SMILES string of the molecule is Cn1ccc(CN2CC(Cn3nc4c(cc3=O)CCC4)C2)cc1=O. The molecule has 6 nitrogen and oxygen atoms in total. The fraction of sp³-hybridized carbons (Fsp3) is 0.500. The normalized spacial score (nSPS) is 17.7. The third-order valence-electron chi connectivity index (χ3n) is 5.06. The summed E-state index contributed by atoms with van der Waals surface area (Å²) in [4.78, 5) is 26.1. The Hall–Kier alpha value is -2.21. The van der Waals surface area contributed by atoms with E-state index in [9.17, 15) is 9.59 Å². The number of nitrogens with zero attached hydrogens (tertiary/aromatic N) is 4. The minimum absolute atomic E-state index is 0.0264. The highest BCUT2D eigenvalue weighted by molar-refractivity contribution is 5.22. The van der Waals surface area contributed by atoms with Gasteiger partial charge in [-0.05, 0) is 36.5 Å². The molecule has 0 spiro atoms. The Morgan fingerprint density at radius 2 is 2.00 bits per heavy atom. The number of aryl methyl sites for hydroxylation is 3. The van der Waals surface area contributed by atoms with E-state index in [0.29, 0.717) is 12.5 Å². The van der Waals surface area contributed by atoms with Gasteiger partial charge in [0.25, 0.3) is 11.1 Å². The zero-order valence-corrected chi connectivity index (χ0v) is 13.9. The summed E-state index contributed by atoms with van der Waals surface area (Å²) >= 11 is 0. The van der Waals surface area contributed by atoms with Crippen LogP contribution in [0.25, 0.3) is 0 Å². The molecular weight excluding hydrogens is 304 g/mol. The fourth-order valence-corrected chi connectivity index (χ4v) is 3.68. The van der Waals surface area contributed by atoms with Crippen LogP contribution in [0.15, 0.2) is 34.0 Å². The zero-order valence-electron chi connectivity index (χ0n) is 13.9. The molecule has 0 unspecified atom stereocenters. The van der Waals surface area contributed by atoms with Gasteiger partial charge < -0.3 is 4.57 Å². The maximum atomic E-state index is 12.1. The number of likely N-dealkylation sites (tertiary alicyclic amines) is 1. The Morgan fingerprint density at radius 1 is 1.17 bits per heavy atom. The Kier molecular flexibility index (Phi) is 3.84. The fourth-order valence-electron chi connectivity index (χ4n) is 3.68. The second-order valence-corrected chi connectivity index (χ2v) is 7.03. The van der Waals surface area contributed by atoms with Crippen molar-refractivity contribution in [1.29, 1.82) is 0 Å². The van der Waals surface area contributed by atoms with Crippen molar-refractivity contribution in [3.05, 3.63) is 61.9 Å². The van der Waals surface area contributed by atoms with Crippen molar-refractivity contribution in [2.75, 3.05) is 13.1 Å². The van der Waals surface area contributed by atoms with Crippen molar-refractivity contribution in [2.45, 2.75) is 32.4 Å². The van der Waals surface area contributed by atoms with Gasteiger partial charge in [0.2, 0.25) is 0 Å². The molecule has 4 rings (SSSR count). The molecule has 0 atom stereocenters. The van der Waals surface area contributed by atoms with Crippen LogP contribution in [0.3, 0.4) is 0 Å². The lowest BCUT2D eigenvalue weighted by atomic mass is 9.99. The number of rotatable bonds is 4. The van der Waals surface area contributed by atoms with E-state index >= 15 is 0 Å². The first-order valence-electron chi connectivity index (χ1n) is 8.56. The van der Waals surface area contributed by atoms with Crippen LogP contribution in [0.4, 0.5) is 0 Å². The first-order valence-corrected chi connectivity index (χ1v) is 8.56. The van der Waals surface area contributed by atoms with E-state index in [1.165, 1.54) is 0 Å². The van der Waals surface area contributed by atoms with Gasteiger partial charge in [-0.3, -0.25) is 14.5 Å². The molecule has 0 bridgehead atoms. The third kappa shape index (κ3) is 2.94. The predicted octanol–water partition coefficient (Wildman–Crippen LogP) is 0.563. The molecule has 1 aliphatic heterocycles. The number of hydrogen-bond acceptors (Lipinski definition) is 4. The highest BCUT2D eigenvalue weighted by atomic mass is 16.1. The molecule has 0 aromatic carbocycles. The predicted molar refractivity (Wildman–Crippen MR) is 91.0 cm³/mol. The lowest BCUT2D eigenvalue weighted by Gasteiger charge is -2.39. The third-order valence-corrected chi connectivity index (χ3v) is 5.06. The van der Waals surface area contributed by atoms with Gasteiger partial charge in [0.1, 0.15) is 0 Å². The van der Waals surface area contributed by atoms with E-state index < -0.39 is 0 Å². The van der Waals surface area contributed by atoms with Crippen LogP contribution in [0, 0.1) is 5.92 Å². The first kappa shape index (κ1) is 15.3. The number of aromatic nitrogens is 3. The van der Waals surface area contributed by atoms with E-state index in [1.807, 2.05) is 12.3 Å². The van der Waals surface area contributed by atoms with Crippen molar-refractivity contribution in [3.8, 4) is 0 Å². The number of pyridine rings is 1.